The van der Waals surface area contributed by atoms with Crippen LogP contribution >= 0.6 is 0 Å². The number of hydrogen-bond acceptors (Lipinski definition) is 3. The minimum atomic E-state index is -3.16. The monoisotopic (exact) mass is 333 g/mol. The third-order valence-corrected chi connectivity index (χ3v) is 6.28. The second kappa shape index (κ2) is 7.32. The minimum Gasteiger partial charge on any atom is -0.469 e. The highest BCUT2D eigenvalue weighted by Crippen LogP contribution is 2.22. The molecule has 1 aliphatic heterocycles. The number of rotatable bonds is 7. The first-order valence-corrected chi connectivity index (χ1v) is 9.83. The number of unbranched alkanes of at least 4 members (excludes halogenated alkanes) is 2. The van der Waals surface area contributed by atoms with Crippen LogP contribution in [-0.2, 0) is 29.4 Å². The maximum atomic E-state index is 12.4. The van der Waals surface area contributed by atoms with Gasteiger partial charge in [0.15, 0.2) is 0 Å². The molecule has 124 valence electrons. The Labute approximate surface area is 138 Å². The van der Waals surface area contributed by atoms with Gasteiger partial charge in [-0.25, -0.2) is 8.42 Å². The van der Waals surface area contributed by atoms with Crippen LogP contribution in [0.1, 0.15) is 36.1 Å². The summed E-state index contributed by atoms with van der Waals surface area (Å²) in [5.41, 5.74) is 2.32. The zero-order valence-electron chi connectivity index (χ0n) is 13.3. The van der Waals surface area contributed by atoms with Gasteiger partial charge in [-0.3, -0.25) is 0 Å². The van der Waals surface area contributed by atoms with Crippen LogP contribution in [0, 0.1) is 0 Å². The number of fused-ring (bicyclic) bond motifs is 1. The van der Waals surface area contributed by atoms with Crippen LogP contribution in [0.2, 0.25) is 0 Å². The first kappa shape index (κ1) is 16.3. The molecule has 0 spiro atoms. The molecule has 1 aromatic heterocycles. The molecule has 4 nitrogen and oxygen atoms in total. The quantitative estimate of drug-likeness (QED) is 0.730. The van der Waals surface area contributed by atoms with Crippen LogP contribution in [0.5, 0.6) is 0 Å². The molecule has 23 heavy (non-hydrogen) atoms. The van der Waals surface area contributed by atoms with Gasteiger partial charge in [0.1, 0.15) is 5.76 Å². The van der Waals surface area contributed by atoms with E-state index >= 15 is 0 Å². The van der Waals surface area contributed by atoms with E-state index in [0.717, 1.165) is 37.0 Å². The Bertz CT molecular complexity index is 722. The molecule has 0 saturated heterocycles. The maximum Gasteiger partial charge on any atom is 0.214 e. The molecule has 3 rings (SSSR count). The SMILES string of the molecule is O=S(=O)(CCCCCc1ccccc1)N1CCc2occc2C1. The van der Waals surface area contributed by atoms with Crippen molar-refractivity contribution in [2.24, 2.45) is 0 Å². The Balaban J connectivity index is 1.43. The predicted octanol–water partition coefficient (Wildman–Crippen LogP) is 3.38. The highest BCUT2D eigenvalue weighted by Gasteiger charge is 2.27. The lowest BCUT2D eigenvalue weighted by molar-refractivity contribution is 0.361. The summed E-state index contributed by atoms with van der Waals surface area (Å²) in [7, 11) is -3.16. The molecular formula is C18H23NO3S. The molecule has 0 radical (unpaired) electrons. The number of furan rings is 1. The first-order valence-electron chi connectivity index (χ1n) is 8.22. The van der Waals surface area contributed by atoms with Crippen LogP contribution in [0.15, 0.2) is 47.1 Å². The van der Waals surface area contributed by atoms with Crippen LogP contribution in [0.25, 0.3) is 0 Å². The normalized spacial score (nSPS) is 15.5. The smallest absolute Gasteiger partial charge is 0.214 e. The molecule has 0 bridgehead atoms. The van der Waals surface area contributed by atoms with Gasteiger partial charge in [-0.1, -0.05) is 36.8 Å². The van der Waals surface area contributed by atoms with Gasteiger partial charge in [-0.15, -0.1) is 0 Å². The lowest BCUT2D eigenvalue weighted by atomic mass is 10.1. The van der Waals surface area contributed by atoms with Crippen molar-refractivity contribution < 1.29 is 12.8 Å². The molecule has 0 fully saturated rings. The molecule has 0 amide bonds. The summed E-state index contributed by atoms with van der Waals surface area (Å²) in [4.78, 5) is 0. The molecule has 2 heterocycles. The van der Waals surface area contributed by atoms with Crippen molar-refractivity contribution >= 4 is 10.0 Å². The van der Waals surface area contributed by atoms with Crippen molar-refractivity contribution in [1.29, 1.82) is 0 Å². The standard InChI is InChI=1S/C18H23NO3S/c20-23(21,19-12-10-18-17(15-19)11-13-22-18)14-6-2-5-9-16-7-3-1-4-8-16/h1,3-4,7-8,11,13H,2,5-6,9-10,12,14-15H2. The highest BCUT2D eigenvalue weighted by molar-refractivity contribution is 7.89. The summed E-state index contributed by atoms with van der Waals surface area (Å²) in [6.07, 6.45) is 6.04. The third-order valence-electron chi connectivity index (χ3n) is 4.38. The number of nitrogens with zero attached hydrogens (tertiary/aromatic N) is 1. The molecule has 0 atom stereocenters. The Hall–Kier alpha value is -1.59. The summed E-state index contributed by atoms with van der Waals surface area (Å²) in [6, 6.07) is 12.2. The lowest BCUT2D eigenvalue weighted by Crippen LogP contribution is -2.37. The van der Waals surface area contributed by atoms with Crippen LogP contribution < -0.4 is 0 Å². The lowest BCUT2D eigenvalue weighted by Gasteiger charge is -2.25. The second-order valence-electron chi connectivity index (χ2n) is 6.06. The van der Waals surface area contributed by atoms with E-state index in [4.69, 9.17) is 4.42 Å². The van der Waals surface area contributed by atoms with E-state index in [1.165, 1.54) is 5.56 Å². The van der Waals surface area contributed by atoms with Crippen molar-refractivity contribution in [2.75, 3.05) is 12.3 Å². The molecule has 0 N–H and O–H groups in total. The fraction of sp³-hybridized carbons (Fsp3) is 0.444. The fourth-order valence-electron chi connectivity index (χ4n) is 3.02. The fourth-order valence-corrected chi connectivity index (χ4v) is 4.56. The van der Waals surface area contributed by atoms with Crippen molar-refractivity contribution in [3.8, 4) is 0 Å². The number of hydrogen-bond donors (Lipinski definition) is 0. The average Bonchev–Trinajstić information content (AvgIpc) is 3.03. The van der Waals surface area contributed by atoms with Crippen LogP contribution in [-0.4, -0.2) is 25.0 Å². The highest BCUT2D eigenvalue weighted by atomic mass is 32.2. The summed E-state index contributed by atoms with van der Waals surface area (Å²) in [6.45, 7) is 0.991. The first-order chi connectivity index (χ1) is 11.1. The van der Waals surface area contributed by atoms with Gasteiger partial charge >= 0.3 is 0 Å². The average molecular weight is 333 g/mol. The molecular weight excluding hydrogens is 310 g/mol. The van der Waals surface area contributed by atoms with Gasteiger partial charge in [0, 0.05) is 25.1 Å². The molecule has 1 aliphatic rings. The molecule has 0 aliphatic carbocycles. The Morgan fingerprint density at radius 3 is 2.70 bits per heavy atom. The Morgan fingerprint density at radius 1 is 1.04 bits per heavy atom. The second-order valence-corrected chi connectivity index (χ2v) is 8.15. The van der Waals surface area contributed by atoms with E-state index in [9.17, 15) is 8.42 Å². The van der Waals surface area contributed by atoms with E-state index in [0.29, 0.717) is 19.5 Å². The Kier molecular flexibility index (Phi) is 5.18. The van der Waals surface area contributed by atoms with Crippen LogP contribution in [0.4, 0.5) is 0 Å². The van der Waals surface area contributed by atoms with E-state index in [1.54, 1.807) is 10.6 Å². The Morgan fingerprint density at radius 2 is 1.87 bits per heavy atom. The van der Waals surface area contributed by atoms with Crippen molar-refractivity contribution in [1.82, 2.24) is 4.31 Å². The van der Waals surface area contributed by atoms with Gasteiger partial charge in [0.25, 0.3) is 0 Å². The number of benzene rings is 1. The van der Waals surface area contributed by atoms with Gasteiger partial charge in [0.05, 0.1) is 12.0 Å². The molecule has 2 aromatic rings. The van der Waals surface area contributed by atoms with E-state index in [1.807, 2.05) is 24.3 Å². The topological polar surface area (TPSA) is 50.5 Å². The predicted molar refractivity (Wildman–Crippen MR) is 90.6 cm³/mol. The van der Waals surface area contributed by atoms with Gasteiger partial charge < -0.3 is 4.42 Å². The zero-order valence-corrected chi connectivity index (χ0v) is 14.1. The van der Waals surface area contributed by atoms with Crippen molar-refractivity contribution in [3.05, 3.63) is 59.5 Å². The zero-order chi connectivity index (χ0) is 16.1. The van der Waals surface area contributed by atoms with Crippen LogP contribution in [0.3, 0.4) is 0 Å². The molecule has 0 saturated carbocycles. The minimum absolute atomic E-state index is 0.245. The third kappa shape index (κ3) is 4.24. The van der Waals surface area contributed by atoms with E-state index in [2.05, 4.69) is 12.1 Å². The molecule has 5 heteroatoms. The van der Waals surface area contributed by atoms with Gasteiger partial charge in [0.2, 0.25) is 10.0 Å². The summed E-state index contributed by atoms with van der Waals surface area (Å²) in [5, 5.41) is 0. The van der Waals surface area contributed by atoms with Gasteiger partial charge in [-0.05, 0) is 30.9 Å². The van der Waals surface area contributed by atoms with Crippen molar-refractivity contribution in [2.45, 2.75) is 38.6 Å². The molecule has 1 aromatic carbocycles. The van der Waals surface area contributed by atoms with Gasteiger partial charge in [-0.2, -0.15) is 4.31 Å². The number of aryl methyl sites for hydroxylation is 1. The van der Waals surface area contributed by atoms with E-state index < -0.39 is 10.0 Å². The van der Waals surface area contributed by atoms with Crippen molar-refractivity contribution in [3.63, 3.8) is 0 Å². The molecule has 0 unspecified atom stereocenters. The summed E-state index contributed by atoms with van der Waals surface area (Å²) in [5.74, 6) is 1.17. The van der Waals surface area contributed by atoms with E-state index in [-0.39, 0.29) is 5.75 Å². The summed E-state index contributed by atoms with van der Waals surface area (Å²) >= 11 is 0. The summed E-state index contributed by atoms with van der Waals surface area (Å²) < 4.78 is 31.8. The maximum absolute atomic E-state index is 12.4. The largest absolute Gasteiger partial charge is 0.469 e. The number of sulfonamides is 1.